The van der Waals surface area contributed by atoms with E-state index in [1.807, 2.05) is 26.0 Å². The van der Waals surface area contributed by atoms with Crippen LogP contribution in [0.15, 0.2) is 24.4 Å². The van der Waals surface area contributed by atoms with Crippen molar-refractivity contribution in [3.8, 4) is 0 Å². The summed E-state index contributed by atoms with van der Waals surface area (Å²) in [6, 6.07) is 5.50. The van der Waals surface area contributed by atoms with Gasteiger partial charge >= 0.3 is 7.12 Å². The number of fused-ring (bicyclic) bond motifs is 1. The molecular formula is C13H15BN4O3. The van der Waals surface area contributed by atoms with Crippen LogP contribution in [0, 0.1) is 0 Å². The Morgan fingerprint density at radius 2 is 2.29 bits per heavy atom. The number of rotatable bonds is 3. The number of nitrogens with zero attached hydrogens (tertiary/aromatic N) is 1. The molecule has 1 aromatic carbocycles. The maximum atomic E-state index is 11.3. The Morgan fingerprint density at radius 3 is 3.00 bits per heavy atom. The molecular weight excluding hydrogens is 271 g/mol. The number of nitrogens with two attached hydrogens (primary N) is 1. The number of primary amides is 1. The van der Waals surface area contributed by atoms with Crippen LogP contribution >= 0.6 is 0 Å². The van der Waals surface area contributed by atoms with E-state index in [1.54, 1.807) is 6.07 Å². The van der Waals surface area contributed by atoms with E-state index in [9.17, 15) is 9.82 Å². The highest BCUT2D eigenvalue weighted by molar-refractivity contribution is 6.62. The molecule has 1 aromatic heterocycles. The third kappa shape index (κ3) is 2.28. The molecule has 108 valence electrons. The number of anilines is 2. The largest absolute Gasteiger partial charge is 0.492 e. The Kier molecular flexibility index (Phi) is 3.00. The summed E-state index contributed by atoms with van der Waals surface area (Å²) in [5.41, 5.74) is 7.33. The molecule has 0 fully saturated rings. The minimum atomic E-state index is -0.964. The van der Waals surface area contributed by atoms with Gasteiger partial charge in [-0.2, -0.15) is 5.10 Å². The third-order valence-corrected chi connectivity index (χ3v) is 3.55. The van der Waals surface area contributed by atoms with Crippen molar-refractivity contribution in [1.29, 1.82) is 0 Å². The normalized spacial score (nSPS) is 15.9. The van der Waals surface area contributed by atoms with Gasteiger partial charge in [0.05, 0.1) is 11.8 Å². The van der Waals surface area contributed by atoms with E-state index in [2.05, 4.69) is 15.5 Å². The molecule has 21 heavy (non-hydrogen) atoms. The average Bonchev–Trinajstić information content (AvgIpc) is 2.93. The van der Waals surface area contributed by atoms with Crippen LogP contribution in [0.5, 0.6) is 0 Å². The van der Waals surface area contributed by atoms with Crippen LogP contribution in [-0.2, 0) is 10.3 Å². The molecule has 1 aliphatic rings. The number of hydrogen-bond acceptors (Lipinski definition) is 5. The van der Waals surface area contributed by atoms with E-state index < -0.39 is 18.6 Å². The second kappa shape index (κ2) is 4.61. The summed E-state index contributed by atoms with van der Waals surface area (Å²) in [7, 11) is -0.964. The first kappa shape index (κ1) is 13.7. The number of aromatic amines is 1. The summed E-state index contributed by atoms with van der Waals surface area (Å²) >= 11 is 0. The SMILES string of the molecule is CC1(C)OB(O)c2cc(Nc3[nH]ncc3C(N)=O)ccc21. The zero-order chi connectivity index (χ0) is 15.2. The van der Waals surface area contributed by atoms with Crippen LogP contribution in [-0.4, -0.2) is 28.2 Å². The number of carbonyl (C=O) groups is 1. The summed E-state index contributed by atoms with van der Waals surface area (Å²) in [5.74, 6) is -0.160. The fourth-order valence-electron chi connectivity index (χ4n) is 2.51. The molecule has 5 N–H and O–H groups in total. The average molecular weight is 286 g/mol. The molecule has 8 heteroatoms. The molecule has 0 aliphatic carbocycles. The second-order valence-corrected chi connectivity index (χ2v) is 5.43. The molecule has 0 atom stereocenters. The van der Waals surface area contributed by atoms with Gasteiger partial charge in [-0.15, -0.1) is 0 Å². The van der Waals surface area contributed by atoms with Gasteiger partial charge in [-0.3, -0.25) is 9.89 Å². The van der Waals surface area contributed by atoms with Crippen molar-refractivity contribution in [1.82, 2.24) is 10.2 Å². The predicted octanol–water partition coefficient (Wildman–Crippen LogP) is 0.205. The van der Waals surface area contributed by atoms with Crippen LogP contribution in [0.2, 0.25) is 0 Å². The standard InChI is InChI=1S/C13H15BN4O3/c1-13(2)9-4-3-7(5-10(9)14(20)21-13)17-12-8(11(15)19)6-16-18-12/h3-6,20H,1-2H3,(H2,15,19)(H2,16,17,18). The van der Waals surface area contributed by atoms with Crippen molar-refractivity contribution in [2.75, 3.05) is 5.32 Å². The molecule has 3 rings (SSSR count). The molecule has 0 bridgehead atoms. The third-order valence-electron chi connectivity index (χ3n) is 3.55. The van der Waals surface area contributed by atoms with Crippen molar-refractivity contribution >= 4 is 30.0 Å². The molecule has 2 heterocycles. The zero-order valence-corrected chi connectivity index (χ0v) is 11.7. The van der Waals surface area contributed by atoms with Gasteiger partial charge in [-0.1, -0.05) is 6.07 Å². The second-order valence-electron chi connectivity index (χ2n) is 5.43. The Hall–Kier alpha value is -2.32. The Bertz CT molecular complexity index is 713. The maximum absolute atomic E-state index is 11.3. The fourth-order valence-corrected chi connectivity index (χ4v) is 2.51. The van der Waals surface area contributed by atoms with Crippen molar-refractivity contribution < 1.29 is 14.5 Å². The smallest absolute Gasteiger partial charge is 0.423 e. The lowest BCUT2D eigenvalue weighted by Crippen LogP contribution is -2.28. The van der Waals surface area contributed by atoms with Crippen LogP contribution in [0.1, 0.15) is 29.8 Å². The number of benzene rings is 1. The molecule has 0 saturated carbocycles. The molecule has 0 spiro atoms. The van der Waals surface area contributed by atoms with Gasteiger partial charge in [0.2, 0.25) is 0 Å². The lowest BCUT2D eigenvalue weighted by Gasteiger charge is -2.19. The van der Waals surface area contributed by atoms with Crippen LogP contribution in [0.3, 0.4) is 0 Å². The minimum absolute atomic E-state index is 0.271. The molecule has 0 radical (unpaired) electrons. The first-order chi connectivity index (χ1) is 9.88. The highest BCUT2D eigenvalue weighted by atomic mass is 16.5. The van der Waals surface area contributed by atoms with Gasteiger partial charge in [0.15, 0.2) is 0 Å². The van der Waals surface area contributed by atoms with Gasteiger partial charge in [-0.05, 0) is 37.0 Å². The monoisotopic (exact) mass is 286 g/mol. The molecule has 0 saturated heterocycles. The topological polar surface area (TPSA) is 113 Å². The fraction of sp³-hybridized carbons (Fsp3) is 0.231. The van der Waals surface area contributed by atoms with Gasteiger partial charge in [-0.25, -0.2) is 0 Å². The predicted molar refractivity (Wildman–Crippen MR) is 78.5 cm³/mol. The molecule has 1 amide bonds. The van der Waals surface area contributed by atoms with E-state index in [0.717, 1.165) is 5.56 Å². The summed E-state index contributed by atoms with van der Waals surface area (Å²) in [6.07, 6.45) is 1.36. The summed E-state index contributed by atoms with van der Waals surface area (Å²) in [4.78, 5) is 11.3. The zero-order valence-electron chi connectivity index (χ0n) is 11.7. The van der Waals surface area contributed by atoms with E-state index >= 15 is 0 Å². The Morgan fingerprint density at radius 1 is 1.52 bits per heavy atom. The summed E-state index contributed by atoms with van der Waals surface area (Å²) < 4.78 is 5.50. The van der Waals surface area contributed by atoms with Gasteiger partial charge in [0.1, 0.15) is 11.4 Å². The summed E-state index contributed by atoms with van der Waals surface area (Å²) in [5, 5.41) is 19.5. The molecule has 7 nitrogen and oxygen atoms in total. The number of aromatic nitrogens is 2. The van der Waals surface area contributed by atoms with Gasteiger partial charge in [0.25, 0.3) is 5.91 Å². The number of carbonyl (C=O) groups excluding carboxylic acids is 1. The number of hydrogen-bond donors (Lipinski definition) is 4. The minimum Gasteiger partial charge on any atom is -0.423 e. The highest BCUT2D eigenvalue weighted by Gasteiger charge is 2.40. The van der Waals surface area contributed by atoms with E-state index in [-0.39, 0.29) is 5.56 Å². The van der Waals surface area contributed by atoms with E-state index in [0.29, 0.717) is 17.0 Å². The van der Waals surface area contributed by atoms with Gasteiger partial charge in [0, 0.05) is 5.69 Å². The lowest BCUT2D eigenvalue weighted by atomic mass is 9.78. The highest BCUT2D eigenvalue weighted by Crippen LogP contribution is 2.31. The molecule has 0 unspecified atom stereocenters. The number of amides is 1. The summed E-state index contributed by atoms with van der Waals surface area (Å²) in [6.45, 7) is 3.80. The lowest BCUT2D eigenvalue weighted by molar-refractivity contribution is 0.0996. The first-order valence-electron chi connectivity index (χ1n) is 6.49. The number of nitrogens with one attached hydrogen (secondary N) is 2. The van der Waals surface area contributed by atoms with Crippen molar-refractivity contribution in [3.05, 3.63) is 35.5 Å². The first-order valence-corrected chi connectivity index (χ1v) is 6.49. The van der Waals surface area contributed by atoms with E-state index in [4.69, 9.17) is 10.4 Å². The quantitative estimate of drug-likeness (QED) is 0.602. The van der Waals surface area contributed by atoms with Crippen molar-refractivity contribution in [2.24, 2.45) is 5.73 Å². The van der Waals surface area contributed by atoms with Crippen LogP contribution < -0.4 is 16.5 Å². The van der Waals surface area contributed by atoms with Gasteiger partial charge < -0.3 is 20.7 Å². The maximum Gasteiger partial charge on any atom is 0.492 e. The Balaban J connectivity index is 1.94. The van der Waals surface area contributed by atoms with Crippen molar-refractivity contribution in [2.45, 2.75) is 19.4 Å². The van der Waals surface area contributed by atoms with Crippen LogP contribution in [0.25, 0.3) is 0 Å². The Labute approximate surface area is 121 Å². The number of H-pyrrole nitrogens is 1. The molecule has 2 aromatic rings. The van der Waals surface area contributed by atoms with Crippen molar-refractivity contribution in [3.63, 3.8) is 0 Å². The van der Waals surface area contributed by atoms with Crippen LogP contribution in [0.4, 0.5) is 11.5 Å². The van der Waals surface area contributed by atoms with E-state index in [1.165, 1.54) is 6.20 Å². The molecule has 1 aliphatic heterocycles.